The summed E-state index contributed by atoms with van der Waals surface area (Å²) in [5.41, 5.74) is 1.61. The van der Waals surface area contributed by atoms with Crippen LogP contribution in [-0.4, -0.2) is 12.6 Å². The standard InChI is InChI=1S/C12H12BrN3O/c1-9(13)8-15-12(17)16-11-4-2-10(3-5-11)6-7-14/h2-5H,1,6,8H2,(H2,15,16,17). The third kappa shape index (κ3) is 5.18. The number of nitrogens with one attached hydrogen (secondary N) is 2. The molecule has 0 spiro atoms. The SMILES string of the molecule is C=C(Br)CNC(=O)Nc1ccc(CC#N)cc1. The second kappa shape index (κ2) is 6.71. The number of carbonyl (C=O) groups excluding carboxylic acids is 1. The number of hydrogen-bond donors (Lipinski definition) is 2. The van der Waals surface area contributed by atoms with Crippen molar-refractivity contribution in [1.29, 1.82) is 5.26 Å². The monoisotopic (exact) mass is 293 g/mol. The van der Waals surface area contributed by atoms with E-state index in [-0.39, 0.29) is 6.03 Å². The lowest BCUT2D eigenvalue weighted by Gasteiger charge is -2.07. The number of amides is 2. The number of hydrogen-bond acceptors (Lipinski definition) is 2. The number of benzene rings is 1. The highest BCUT2D eigenvalue weighted by Crippen LogP contribution is 2.09. The number of carbonyl (C=O) groups is 1. The van der Waals surface area contributed by atoms with Crippen molar-refractivity contribution in [1.82, 2.24) is 5.32 Å². The van der Waals surface area contributed by atoms with Gasteiger partial charge in [-0.05, 0) is 17.7 Å². The highest BCUT2D eigenvalue weighted by atomic mass is 79.9. The van der Waals surface area contributed by atoms with E-state index in [9.17, 15) is 4.79 Å². The average molecular weight is 294 g/mol. The summed E-state index contributed by atoms with van der Waals surface area (Å²) in [7, 11) is 0. The van der Waals surface area contributed by atoms with Crippen LogP contribution in [-0.2, 0) is 6.42 Å². The molecule has 4 nitrogen and oxygen atoms in total. The van der Waals surface area contributed by atoms with Crippen molar-refractivity contribution in [2.24, 2.45) is 0 Å². The van der Waals surface area contributed by atoms with E-state index in [2.05, 4.69) is 39.2 Å². The van der Waals surface area contributed by atoms with Crippen LogP contribution in [0.4, 0.5) is 10.5 Å². The third-order valence-electron chi connectivity index (χ3n) is 1.94. The lowest BCUT2D eigenvalue weighted by atomic mass is 10.1. The fourth-order valence-corrected chi connectivity index (χ4v) is 1.29. The average Bonchev–Trinajstić information content (AvgIpc) is 2.29. The minimum absolute atomic E-state index is 0.293. The topological polar surface area (TPSA) is 64.9 Å². The van der Waals surface area contributed by atoms with Crippen LogP contribution in [0.5, 0.6) is 0 Å². The molecule has 0 aromatic heterocycles. The summed E-state index contributed by atoms with van der Waals surface area (Å²) in [5.74, 6) is 0. The van der Waals surface area contributed by atoms with E-state index in [0.29, 0.717) is 23.1 Å². The molecule has 0 saturated heterocycles. The van der Waals surface area contributed by atoms with E-state index in [1.165, 1.54) is 0 Å². The Morgan fingerprint density at radius 3 is 2.59 bits per heavy atom. The molecule has 1 aromatic carbocycles. The first-order valence-corrected chi connectivity index (χ1v) is 5.75. The second-order valence-corrected chi connectivity index (χ2v) is 4.48. The normalized spacial score (nSPS) is 9.18. The highest BCUT2D eigenvalue weighted by molar-refractivity contribution is 9.11. The van der Waals surface area contributed by atoms with Crippen molar-refractivity contribution in [3.8, 4) is 6.07 Å². The lowest BCUT2D eigenvalue weighted by molar-refractivity contribution is 0.253. The van der Waals surface area contributed by atoms with Gasteiger partial charge < -0.3 is 10.6 Å². The molecule has 0 aliphatic heterocycles. The molecule has 0 aliphatic rings. The smallest absolute Gasteiger partial charge is 0.319 e. The molecule has 0 aliphatic carbocycles. The summed E-state index contributed by atoms with van der Waals surface area (Å²) < 4.78 is 0.706. The Bertz CT molecular complexity index is 448. The molecule has 0 bridgehead atoms. The maximum atomic E-state index is 11.4. The number of nitriles is 1. The Morgan fingerprint density at radius 1 is 1.41 bits per heavy atom. The lowest BCUT2D eigenvalue weighted by Crippen LogP contribution is -2.29. The first-order chi connectivity index (χ1) is 8.11. The quantitative estimate of drug-likeness (QED) is 0.896. The molecule has 88 valence electrons. The van der Waals surface area contributed by atoms with Crippen LogP contribution in [0.3, 0.4) is 0 Å². The Balaban J connectivity index is 2.49. The molecule has 0 radical (unpaired) electrons. The van der Waals surface area contributed by atoms with E-state index in [0.717, 1.165) is 5.56 Å². The molecule has 1 rings (SSSR count). The van der Waals surface area contributed by atoms with Gasteiger partial charge in [-0.25, -0.2) is 4.79 Å². The van der Waals surface area contributed by atoms with Crippen molar-refractivity contribution < 1.29 is 4.79 Å². The highest BCUT2D eigenvalue weighted by Gasteiger charge is 2.01. The summed E-state index contributed by atoms with van der Waals surface area (Å²) in [6.07, 6.45) is 0.371. The Labute approximate surface area is 108 Å². The van der Waals surface area contributed by atoms with Gasteiger partial charge in [-0.2, -0.15) is 5.26 Å². The molecule has 0 atom stereocenters. The van der Waals surface area contributed by atoms with Crippen LogP contribution in [0.1, 0.15) is 5.56 Å². The van der Waals surface area contributed by atoms with Crippen molar-refractivity contribution >= 4 is 27.6 Å². The van der Waals surface area contributed by atoms with Crippen LogP contribution < -0.4 is 10.6 Å². The molecule has 5 heteroatoms. The third-order valence-corrected chi connectivity index (χ3v) is 2.22. The van der Waals surface area contributed by atoms with Gasteiger partial charge in [0, 0.05) is 10.2 Å². The zero-order chi connectivity index (χ0) is 12.7. The molecule has 2 N–H and O–H groups in total. The molecule has 2 amide bonds. The van der Waals surface area contributed by atoms with Crippen molar-refractivity contribution in [2.75, 3.05) is 11.9 Å². The van der Waals surface area contributed by atoms with E-state index in [1.54, 1.807) is 12.1 Å². The Hall–Kier alpha value is -1.80. The van der Waals surface area contributed by atoms with Gasteiger partial charge >= 0.3 is 6.03 Å². The fourth-order valence-electron chi connectivity index (χ4n) is 1.15. The molecular formula is C12H12BrN3O. The van der Waals surface area contributed by atoms with E-state index >= 15 is 0 Å². The van der Waals surface area contributed by atoms with E-state index in [4.69, 9.17) is 5.26 Å². The summed E-state index contributed by atoms with van der Waals surface area (Å²) in [5, 5.41) is 13.8. The van der Waals surface area contributed by atoms with Gasteiger partial charge in [-0.1, -0.05) is 34.6 Å². The van der Waals surface area contributed by atoms with Crippen molar-refractivity contribution in [2.45, 2.75) is 6.42 Å². The summed E-state index contributed by atoms with van der Waals surface area (Å²) in [4.78, 5) is 11.4. The predicted molar refractivity (Wildman–Crippen MR) is 70.8 cm³/mol. The first kappa shape index (κ1) is 13.3. The largest absolute Gasteiger partial charge is 0.333 e. The molecule has 0 heterocycles. The summed E-state index contributed by atoms with van der Waals surface area (Å²) in [6.45, 7) is 3.98. The van der Waals surface area contributed by atoms with Crippen LogP contribution in [0.15, 0.2) is 35.3 Å². The van der Waals surface area contributed by atoms with E-state index in [1.807, 2.05) is 12.1 Å². The van der Waals surface area contributed by atoms with Gasteiger partial charge in [0.25, 0.3) is 0 Å². The molecule has 0 saturated carbocycles. The minimum atomic E-state index is -0.293. The Kier molecular flexibility index (Phi) is 5.24. The number of nitrogens with zero attached hydrogens (tertiary/aromatic N) is 1. The molecule has 17 heavy (non-hydrogen) atoms. The van der Waals surface area contributed by atoms with Crippen LogP contribution in [0.2, 0.25) is 0 Å². The van der Waals surface area contributed by atoms with Crippen molar-refractivity contribution in [3.63, 3.8) is 0 Å². The zero-order valence-electron chi connectivity index (χ0n) is 9.16. The van der Waals surface area contributed by atoms with Crippen LogP contribution in [0.25, 0.3) is 0 Å². The van der Waals surface area contributed by atoms with Gasteiger partial charge in [0.2, 0.25) is 0 Å². The number of halogens is 1. The van der Waals surface area contributed by atoms with Crippen LogP contribution >= 0.6 is 15.9 Å². The maximum Gasteiger partial charge on any atom is 0.319 e. The minimum Gasteiger partial charge on any atom is -0.333 e. The van der Waals surface area contributed by atoms with Crippen LogP contribution in [0, 0.1) is 11.3 Å². The fraction of sp³-hybridized carbons (Fsp3) is 0.167. The second-order valence-electron chi connectivity index (χ2n) is 3.36. The zero-order valence-corrected chi connectivity index (χ0v) is 10.8. The number of anilines is 1. The number of rotatable bonds is 4. The van der Waals surface area contributed by atoms with E-state index < -0.39 is 0 Å². The maximum absolute atomic E-state index is 11.4. The van der Waals surface area contributed by atoms with Gasteiger partial charge in [0.1, 0.15) is 0 Å². The first-order valence-electron chi connectivity index (χ1n) is 4.96. The molecule has 0 unspecified atom stereocenters. The number of urea groups is 1. The van der Waals surface area contributed by atoms with Crippen molar-refractivity contribution in [3.05, 3.63) is 40.9 Å². The molecule has 1 aromatic rings. The molecule has 0 fully saturated rings. The Morgan fingerprint density at radius 2 is 2.06 bits per heavy atom. The predicted octanol–water partition coefficient (Wildman–Crippen LogP) is 2.78. The van der Waals surface area contributed by atoms with Gasteiger partial charge in [0.05, 0.1) is 19.0 Å². The molecular weight excluding hydrogens is 282 g/mol. The summed E-state index contributed by atoms with van der Waals surface area (Å²) in [6, 6.07) is 8.90. The summed E-state index contributed by atoms with van der Waals surface area (Å²) >= 11 is 3.15. The van der Waals surface area contributed by atoms with Gasteiger partial charge in [-0.3, -0.25) is 0 Å². The van der Waals surface area contributed by atoms with Gasteiger partial charge in [-0.15, -0.1) is 0 Å². The van der Waals surface area contributed by atoms with Gasteiger partial charge in [0.15, 0.2) is 0 Å².